The molecule has 1 aliphatic heterocycles. The van der Waals surface area contributed by atoms with Gasteiger partial charge in [-0.3, -0.25) is 0 Å². The monoisotopic (exact) mass is 207 g/mol. The lowest BCUT2D eigenvalue weighted by atomic mass is 9.91. The molecule has 0 spiro atoms. The number of phenols is 1. The third kappa shape index (κ3) is 1.88. The molecule has 1 fully saturated rings. The topological polar surface area (TPSA) is 58.6 Å². The van der Waals surface area contributed by atoms with Crippen molar-refractivity contribution in [1.82, 2.24) is 5.32 Å². The number of benzene rings is 1. The Balaban J connectivity index is 2.28. The number of ether oxygens (including phenoxy) is 1. The zero-order valence-corrected chi connectivity index (χ0v) is 8.49. The van der Waals surface area contributed by atoms with Crippen LogP contribution in [0.1, 0.15) is 18.9 Å². The van der Waals surface area contributed by atoms with Crippen LogP contribution < -0.4 is 5.32 Å². The van der Waals surface area contributed by atoms with Crippen LogP contribution in [0.2, 0.25) is 0 Å². The van der Waals surface area contributed by atoms with Crippen LogP contribution in [-0.2, 0) is 10.3 Å². The highest BCUT2D eigenvalue weighted by molar-refractivity contribution is 5.68. The van der Waals surface area contributed by atoms with E-state index >= 15 is 0 Å². The Morgan fingerprint density at radius 1 is 1.40 bits per heavy atom. The predicted octanol–water partition coefficient (Wildman–Crippen LogP) is 1.74. The Morgan fingerprint density at radius 3 is 2.67 bits per heavy atom. The van der Waals surface area contributed by atoms with Crippen LogP contribution in [0, 0.1) is 0 Å². The number of carbonyl (C=O) groups excluding carboxylic acids is 1. The molecular formula is C11H13NO3. The summed E-state index contributed by atoms with van der Waals surface area (Å²) in [5.74, 6) is 0.211. The highest BCUT2D eigenvalue weighted by Gasteiger charge is 2.34. The molecule has 15 heavy (non-hydrogen) atoms. The van der Waals surface area contributed by atoms with Crippen LogP contribution in [0.3, 0.4) is 0 Å². The molecule has 1 saturated heterocycles. The molecule has 80 valence electrons. The zero-order chi connectivity index (χ0) is 10.9. The van der Waals surface area contributed by atoms with Gasteiger partial charge in [0.2, 0.25) is 0 Å². The number of nitrogens with one attached hydrogen (secondary N) is 1. The van der Waals surface area contributed by atoms with Gasteiger partial charge in [0.05, 0.1) is 0 Å². The molecule has 1 aromatic rings. The fraction of sp³-hybridized carbons (Fsp3) is 0.364. The van der Waals surface area contributed by atoms with Crippen molar-refractivity contribution < 1.29 is 14.6 Å². The predicted molar refractivity (Wildman–Crippen MR) is 54.6 cm³/mol. The molecule has 1 aromatic carbocycles. The van der Waals surface area contributed by atoms with Gasteiger partial charge in [0.25, 0.3) is 0 Å². The first kappa shape index (κ1) is 9.83. The van der Waals surface area contributed by atoms with Gasteiger partial charge in [0.15, 0.2) is 0 Å². The number of phenolic OH excluding ortho intramolecular Hbond substituents is 1. The minimum absolute atomic E-state index is 0.211. The smallest absolute Gasteiger partial charge is 0.408 e. The van der Waals surface area contributed by atoms with Gasteiger partial charge in [-0.1, -0.05) is 12.1 Å². The van der Waals surface area contributed by atoms with Gasteiger partial charge in [0.1, 0.15) is 11.4 Å². The van der Waals surface area contributed by atoms with Crippen LogP contribution >= 0.6 is 0 Å². The summed E-state index contributed by atoms with van der Waals surface area (Å²) < 4.78 is 5.27. The summed E-state index contributed by atoms with van der Waals surface area (Å²) in [4.78, 5) is 11.1. The van der Waals surface area contributed by atoms with E-state index in [2.05, 4.69) is 5.32 Å². The molecule has 0 bridgehead atoms. The Hall–Kier alpha value is -1.71. The number of carbonyl (C=O) groups is 1. The van der Waals surface area contributed by atoms with Crippen molar-refractivity contribution in [3.05, 3.63) is 29.8 Å². The maximum atomic E-state index is 11.1. The first-order chi connectivity index (χ1) is 7.10. The van der Waals surface area contributed by atoms with Crippen molar-refractivity contribution in [2.45, 2.75) is 18.9 Å². The normalized spacial score (nSPS) is 25.5. The highest BCUT2D eigenvalue weighted by Crippen LogP contribution is 2.31. The molecule has 1 heterocycles. The van der Waals surface area contributed by atoms with E-state index in [1.165, 1.54) is 0 Å². The minimum atomic E-state index is -0.587. The van der Waals surface area contributed by atoms with Crippen molar-refractivity contribution >= 4 is 6.09 Å². The van der Waals surface area contributed by atoms with E-state index in [1.54, 1.807) is 24.3 Å². The average Bonchev–Trinajstić information content (AvgIpc) is 2.18. The summed E-state index contributed by atoms with van der Waals surface area (Å²) >= 11 is 0. The molecule has 4 nitrogen and oxygen atoms in total. The summed E-state index contributed by atoms with van der Waals surface area (Å²) in [6.45, 7) is 2.48. The second-order valence-corrected chi connectivity index (χ2v) is 3.84. The van der Waals surface area contributed by atoms with E-state index in [9.17, 15) is 9.90 Å². The first-order valence-corrected chi connectivity index (χ1v) is 4.86. The zero-order valence-electron chi connectivity index (χ0n) is 8.49. The minimum Gasteiger partial charge on any atom is -0.508 e. The molecule has 1 amide bonds. The Bertz CT molecular complexity index is 374. The number of amides is 1. The molecule has 2 N–H and O–H groups in total. The van der Waals surface area contributed by atoms with Crippen LogP contribution in [0.15, 0.2) is 24.3 Å². The first-order valence-electron chi connectivity index (χ1n) is 4.86. The Kier molecular flexibility index (Phi) is 2.26. The molecule has 0 saturated carbocycles. The Morgan fingerprint density at radius 2 is 2.07 bits per heavy atom. The lowest BCUT2D eigenvalue weighted by Gasteiger charge is -2.33. The van der Waals surface area contributed by atoms with Crippen molar-refractivity contribution in [2.24, 2.45) is 0 Å². The van der Waals surface area contributed by atoms with Gasteiger partial charge in [-0.05, 0) is 24.6 Å². The largest absolute Gasteiger partial charge is 0.508 e. The Labute approximate surface area is 87.9 Å². The summed E-state index contributed by atoms with van der Waals surface area (Å²) in [5.41, 5.74) is 0.311. The summed E-state index contributed by atoms with van der Waals surface area (Å²) in [6.07, 6.45) is 0.334. The standard InChI is InChI=1S/C11H13NO3/c1-11(6-7-12-10(14)15-11)8-2-4-9(13)5-3-8/h2-5,13H,6-7H2,1H3,(H,12,14). The van der Waals surface area contributed by atoms with Crippen molar-refractivity contribution in [2.75, 3.05) is 6.54 Å². The number of hydrogen-bond acceptors (Lipinski definition) is 3. The quantitative estimate of drug-likeness (QED) is 0.737. The molecular weight excluding hydrogens is 194 g/mol. The van der Waals surface area contributed by atoms with Gasteiger partial charge >= 0.3 is 6.09 Å². The van der Waals surface area contributed by atoms with Crippen LogP contribution in [-0.4, -0.2) is 17.7 Å². The fourth-order valence-corrected chi connectivity index (χ4v) is 1.71. The SMILES string of the molecule is CC1(c2ccc(O)cc2)CCNC(=O)O1. The lowest BCUT2D eigenvalue weighted by molar-refractivity contribution is -0.00275. The number of cyclic esters (lactones) is 1. The summed E-state index contributed by atoms with van der Waals surface area (Å²) in [5, 5.41) is 11.8. The van der Waals surface area contributed by atoms with Gasteiger partial charge in [-0.15, -0.1) is 0 Å². The van der Waals surface area contributed by atoms with Crippen LogP contribution in [0.25, 0.3) is 0 Å². The van der Waals surface area contributed by atoms with Gasteiger partial charge in [-0.2, -0.15) is 0 Å². The maximum Gasteiger partial charge on any atom is 0.408 e. The van der Waals surface area contributed by atoms with E-state index in [-0.39, 0.29) is 5.75 Å². The second kappa shape index (κ2) is 3.46. The average molecular weight is 207 g/mol. The van der Waals surface area contributed by atoms with Gasteiger partial charge in [0, 0.05) is 13.0 Å². The van der Waals surface area contributed by atoms with E-state index in [0.717, 1.165) is 12.0 Å². The van der Waals surface area contributed by atoms with Crippen molar-refractivity contribution in [1.29, 1.82) is 0 Å². The molecule has 1 unspecified atom stereocenters. The lowest BCUT2D eigenvalue weighted by Crippen LogP contribution is -2.43. The summed E-state index contributed by atoms with van der Waals surface area (Å²) in [7, 11) is 0. The number of alkyl carbamates (subject to hydrolysis) is 1. The molecule has 0 aliphatic carbocycles. The second-order valence-electron chi connectivity index (χ2n) is 3.84. The molecule has 1 aliphatic rings. The van der Waals surface area contributed by atoms with Crippen LogP contribution in [0.5, 0.6) is 5.75 Å². The maximum absolute atomic E-state index is 11.1. The third-order valence-corrected chi connectivity index (χ3v) is 2.67. The number of aromatic hydroxyl groups is 1. The fourth-order valence-electron chi connectivity index (χ4n) is 1.71. The third-order valence-electron chi connectivity index (χ3n) is 2.67. The van der Waals surface area contributed by atoms with Crippen LogP contribution in [0.4, 0.5) is 4.79 Å². The molecule has 2 rings (SSSR count). The summed E-state index contributed by atoms with van der Waals surface area (Å²) in [6, 6.07) is 6.73. The number of rotatable bonds is 1. The molecule has 0 aromatic heterocycles. The number of hydrogen-bond donors (Lipinski definition) is 2. The van der Waals surface area contributed by atoms with Gasteiger partial charge < -0.3 is 15.2 Å². The van der Waals surface area contributed by atoms with Crippen molar-refractivity contribution in [3.8, 4) is 5.75 Å². The van der Waals surface area contributed by atoms with Crippen molar-refractivity contribution in [3.63, 3.8) is 0 Å². The van der Waals surface area contributed by atoms with E-state index in [4.69, 9.17) is 4.74 Å². The van der Waals surface area contributed by atoms with E-state index in [0.29, 0.717) is 6.54 Å². The van der Waals surface area contributed by atoms with E-state index < -0.39 is 11.7 Å². The molecule has 4 heteroatoms. The van der Waals surface area contributed by atoms with Gasteiger partial charge in [-0.25, -0.2) is 4.79 Å². The van der Waals surface area contributed by atoms with E-state index in [1.807, 2.05) is 6.92 Å². The molecule has 1 atom stereocenters. The molecule has 0 radical (unpaired) electrons. The highest BCUT2D eigenvalue weighted by atomic mass is 16.6.